The molecule has 0 heterocycles. The summed E-state index contributed by atoms with van der Waals surface area (Å²) in [5.41, 5.74) is 1.55. The molecule has 2 rings (SSSR count). The van der Waals surface area contributed by atoms with Crippen molar-refractivity contribution in [2.45, 2.75) is 90.9 Å². The van der Waals surface area contributed by atoms with E-state index in [0.29, 0.717) is 30.3 Å². The molecule has 0 spiro atoms. The summed E-state index contributed by atoms with van der Waals surface area (Å²) in [6.07, 6.45) is 15.7. The van der Waals surface area contributed by atoms with Crippen LogP contribution in [0.4, 0.5) is 0 Å². The van der Waals surface area contributed by atoms with Crippen molar-refractivity contribution in [3.63, 3.8) is 0 Å². The van der Waals surface area contributed by atoms with Crippen LogP contribution in [0, 0.1) is 5.92 Å². The second-order valence-corrected chi connectivity index (χ2v) is 6.30. The topological polar surface area (TPSA) is 34.1 Å². The van der Waals surface area contributed by atoms with Gasteiger partial charge in [0.05, 0.1) is 0 Å². The largest absolute Gasteiger partial charge is 0.300 e. The highest BCUT2D eigenvalue weighted by Gasteiger charge is 2.22. The molecule has 2 heteroatoms. The minimum atomic E-state index is 0.343. The summed E-state index contributed by atoms with van der Waals surface area (Å²) in [5, 5.41) is 0. The summed E-state index contributed by atoms with van der Waals surface area (Å²) in [5.74, 6) is 1.31. The lowest BCUT2D eigenvalue weighted by Crippen LogP contribution is -2.10. The summed E-state index contributed by atoms with van der Waals surface area (Å²) < 4.78 is 0. The van der Waals surface area contributed by atoms with Crippen LogP contribution in [-0.2, 0) is 9.59 Å². The van der Waals surface area contributed by atoms with Crippen LogP contribution in [0.5, 0.6) is 0 Å². The Labute approximate surface area is 130 Å². The Hall–Kier alpha value is -0.920. The van der Waals surface area contributed by atoms with E-state index in [1.807, 2.05) is 13.8 Å². The van der Waals surface area contributed by atoms with Crippen LogP contribution >= 0.6 is 0 Å². The van der Waals surface area contributed by atoms with E-state index in [1.165, 1.54) is 38.5 Å². The van der Waals surface area contributed by atoms with Gasteiger partial charge in [-0.3, -0.25) is 9.59 Å². The van der Waals surface area contributed by atoms with E-state index in [4.69, 9.17) is 0 Å². The van der Waals surface area contributed by atoms with Crippen molar-refractivity contribution < 1.29 is 9.59 Å². The van der Waals surface area contributed by atoms with E-state index in [-0.39, 0.29) is 0 Å². The maximum absolute atomic E-state index is 11.9. The van der Waals surface area contributed by atoms with Gasteiger partial charge in [-0.15, -0.1) is 0 Å². The van der Waals surface area contributed by atoms with Gasteiger partial charge in [0.2, 0.25) is 0 Å². The average Bonchev–Trinajstić information content (AvgIpc) is 3.08. The molecule has 0 aromatic rings. The number of allylic oxidation sites excluding steroid dienone is 2. The van der Waals surface area contributed by atoms with Crippen LogP contribution in [0.1, 0.15) is 90.9 Å². The molecule has 21 heavy (non-hydrogen) atoms. The fourth-order valence-corrected chi connectivity index (χ4v) is 3.12. The van der Waals surface area contributed by atoms with Gasteiger partial charge in [0.15, 0.2) is 0 Å². The van der Waals surface area contributed by atoms with Crippen molar-refractivity contribution in [1.82, 2.24) is 0 Å². The van der Waals surface area contributed by atoms with Crippen molar-refractivity contribution in [3.8, 4) is 0 Å². The third-order valence-electron chi connectivity index (χ3n) is 4.68. The number of hydrogen-bond acceptors (Lipinski definition) is 2. The van der Waals surface area contributed by atoms with Crippen molar-refractivity contribution >= 4 is 11.6 Å². The monoisotopic (exact) mass is 292 g/mol. The van der Waals surface area contributed by atoms with Crippen LogP contribution in [-0.4, -0.2) is 11.6 Å². The van der Waals surface area contributed by atoms with E-state index >= 15 is 0 Å². The highest BCUT2D eigenvalue weighted by Crippen LogP contribution is 2.28. The molecule has 2 aliphatic carbocycles. The van der Waals surface area contributed by atoms with Crippen LogP contribution in [0.15, 0.2) is 11.6 Å². The molecule has 0 aromatic carbocycles. The highest BCUT2D eigenvalue weighted by molar-refractivity contribution is 5.81. The average molecular weight is 292 g/mol. The fraction of sp³-hybridized carbons (Fsp3) is 0.789. The molecule has 0 aliphatic heterocycles. The lowest BCUT2D eigenvalue weighted by atomic mass is 9.92. The fourth-order valence-electron chi connectivity index (χ4n) is 3.12. The van der Waals surface area contributed by atoms with Crippen LogP contribution in [0.3, 0.4) is 0 Å². The molecule has 0 amide bonds. The summed E-state index contributed by atoms with van der Waals surface area (Å²) in [6, 6.07) is 0. The number of carbonyl (C=O) groups is 2. The van der Waals surface area contributed by atoms with Gasteiger partial charge >= 0.3 is 0 Å². The van der Waals surface area contributed by atoms with Crippen LogP contribution < -0.4 is 0 Å². The predicted molar refractivity (Wildman–Crippen MR) is 88.3 cm³/mol. The number of Topliss-reactive ketones (excluding diaryl/α,β-unsaturated/α-hetero) is 2. The molecule has 2 aliphatic rings. The predicted octanol–water partition coefficient (Wildman–Crippen LogP) is 5.40. The van der Waals surface area contributed by atoms with E-state index in [9.17, 15) is 9.59 Å². The first kappa shape index (κ1) is 18.1. The van der Waals surface area contributed by atoms with Crippen molar-refractivity contribution in [2.24, 2.45) is 5.92 Å². The molecule has 0 bridgehead atoms. The molecule has 1 fully saturated rings. The Kier molecular flexibility index (Phi) is 9.29. The Morgan fingerprint density at radius 3 is 2.19 bits per heavy atom. The second-order valence-electron chi connectivity index (χ2n) is 6.30. The zero-order chi connectivity index (χ0) is 15.5. The maximum Gasteiger partial charge on any atom is 0.136 e. The zero-order valence-corrected chi connectivity index (χ0v) is 14.0. The SMILES string of the molecule is CCC(=O)CC.O=C(CCC1=CCCCC1)C1CCCC1. The number of carbonyl (C=O) groups excluding carboxylic acids is 2. The molecule has 0 aromatic heterocycles. The quantitative estimate of drug-likeness (QED) is 0.614. The molecule has 2 nitrogen and oxygen atoms in total. The van der Waals surface area contributed by atoms with Gasteiger partial charge < -0.3 is 0 Å². The molecule has 0 radical (unpaired) electrons. The number of ketones is 2. The molecule has 120 valence electrons. The number of rotatable bonds is 6. The second kappa shape index (κ2) is 10.8. The Morgan fingerprint density at radius 2 is 1.71 bits per heavy atom. The van der Waals surface area contributed by atoms with Gasteiger partial charge in [-0.2, -0.15) is 0 Å². The Balaban J connectivity index is 0.000000315. The van der Waals surface area contributed by atoms with Crippen molar-refractivity contribution in [2.75, 3.05) is 0 Å². The van der Waals surface area contributed by atoms with Gasteiger partial charge in [0.1, 0.15) is 11.6 Å². The molecule has 0 N–H and O–H groups in total. The van der Waals surface area contributed by atoms with E-state index < -0.39 is 0 Å². The summed E-state index contributed by atoms with van der Waals surface area (Å²) >= 11 is 0. The smallest absolute Gasteiger partial charge is 0.136 e. The summed E-state index contributed by atoms with van der Waals surface area (Å²) in [7, 11) is 0. The molecule has 0 unspecified atom stereocenters. The van der Waals surface area contributed by atoms with Gasteiger partial charge in [-0.25, -0.2) is 0 Å². The zero-order valence-electron chi connectivity index (χ0n) is 14.0. The number of hydrogen-bond donors (Lipinski definition) is 0. The van der Waals surface area contributed by atoms with E-state index in [2.05, 4.69) is 6.08 Å². The highest BCUT2D eigenvalue weighted by atomic mass is 16.1. The molecule has 0 saturated heterocycles. The van der Waals surface area contributed by atoms with E-state index in [0.717, 1.165) is 25.7 Å². The van der Waals surface area contributed by atoms with Crippen LogP contribution in [0.25, 0.3) is 0 Å². The molecule has 1 saturated carbocycles. The first-order valence-corrected chi connectivity index (χ1v) is 8.89. The minimum absolute atomic E-state index is 0.343. The normalized spacial score (nSPS) is 18.7. The third-order valence-corrected chi connectivity index (χ3v) is 4.68. The molecular weight excluding hydrogens is 260 g/mol. The lowest BCUT2D eigenvalue weighted by Gasteiger charge is -2.13. The molecule has 0 atom stereocenters. The minimum Gasteiger partial charge on any atom is -0.300 e. The maximum atomic E-state index is 11.9. The Morgan fingerprint density at radius 1 is 1.05 bits per heavy atom. The van der Waals surface area contributed by atoms with Gasteiger partial charge in [-0.1, -0.05) is 38.3 Å². The standard InChI is InChI=1S/C14H22O.C5H10O/c15-14(13-8-4-5-9-13)11-10-12-6-2-1-3-7-12;1-3-5(6)4-2/h6,13H,1-5,7-11H2;3-4H2,1-2H3. The van der Waals surface area contributed by atoms with Crippen molar-refractivity contribution in [3.05, 3.63) is 11.6 Å². The lowest BCUT2D eigenvalue weighted by molar-refractivity contribution is -0.122. The van der Waals surface area contributed by atoms with Gasteiger partial charge in [0, 0.05) is 25.2 Å². The first-order chi connectivity index (χ1) is 10.2. The van der Waals surface area contributed by atoms with Crippen LogP contribution in [0.2, 0.25) is 0 Å². The van der Waals surface area contributed by atoms with E-state index in [1.54, 1.807) is 5.57 Å². The third kappa shape index (κ3) is 7.59. The van der Waals surface area contributed by atoms with Gasteiger partial charge in [-0.05, 0) is 44.9 Å². The summed E-state index contributed by atoms with van der Waals surface area (Å²) in [4.78, 5) is 22.0. The first-order valence-electron chi connectivity index (χ1n) is 8.89. The molecular formula is C19H32O2. The van der Waals surface area contributed by atoms with Crippen molar-refractivity contribution in [1.29, 1.82) is 0 Å². The summed E-state index contributed by atoms with van der Waals surface area (Å²) in [6.45, 7) is 3.76. The van der Waals surface area contributed by atoms with Gasteiger partial charge in [0.25, 0.3) is 0 Å². The Bertz CT molecular complexity index is 343.